The Kier molecular flexibility index (Phi) is 3.96. The Bertz CT molecular complexity index is 356. The highest BCUT2D eigenvalue weighted by Crippen LogP contribution is 2.35. The summed E-state index contributed by atoms with van der Waals surface area (Å²) in [6.07, 6.45) is 3.18. The number of hydrogen-bond donors (Lipinski definition) is 1. The predicted molar refractivity (Wildman–Crippen MR) is 62.4 cm³/mol. The third-order valence-corrected chi connectivity index (χ3v) is 4.84. The summed E-state index contributed by atoms with van der Waals surface area (Å²) in [5.41, 5.74) is -0.379. The maximum atomic E-state index is 11.8. The fourth-order valence-corrected chi connectivity index (χ4v) is 3.10. The van der Waals surface area contributed by atoms with Gasteiger partial charge >= 0.3 is 0 Å². The minimum absolute atomic E-state index is 0.0307. The van der Waals surface area contributed by atoms with E-state index in [2.05, 4.69) is 5.32 Å². The fourth-order valence-electron chi connectivity index (χ4n) is 2.25. The van der Waals surface area contributed by atoms with Gasteiger partial charge in [0.15, 0.2) is 0 Å². The van der Waals surface area contributed by atoms with E-state index in [1.54, 1.807) is 7.05 Å². The molecule has 1 saturated heterocycles. The highest BCUT2D eigenvalue weighted by atomic mass is 32.2. The van der Waals surface area contributed by atoms with Gasteiger partial charge in [-0.3, -0.25) is 4.79 Å². The molecule has 6 heteroatoms. The molecule has 0 bridgehead atoms. The van der Waals surface area contributed by atoms with Crippen LogP contribution in [0.1, 0.15) is 26.2 Å². The molecule has 5 nitrogen and oxygen atoms in total. The maximum Gasteiger partial charge on any atom is 0.226 e. The summed E-state index contributed by atoms with van der Waals surface area (Å²) in [4.78, 5) is 11.8. The molecule has 0 aromatic heterocycles. The number of amides is 1. The largest absolute Gasteiger partial charge is 0.359 e. The van der Waals surface area contributed by atoms with Crippen molar-refractivity contribution in [2.75, 3.05) is 26.4 Å². The average molecular weight is 248 g/mol. The van der Waals surface area contributed by atoms with Gasteiger partial charge < -0.3 is 5.32 Å². The number of rotatable bonds is 3. The van der Waals surface area contributed by atoms with Crippen molar-refractivity contribution in [2.24, 2.45) is 5.41 Å². The Labute approximate surface area is 97.2 Å². The summed E-state index contributed by atoms with van der Waals surface area (Å²) in [6.45, 7) is 2.87. The summed E-state index contributed by atoms with van der Waals surface area (Å²) >= 11 is 0. The van der Waals surface area contributed by atoms with E-state index in [1.165, 1.54) is 10.6 Å². The van der Waals surface area contributed by atoms with E-state index < -0.39 is 10.0 Å². The molecule has 1 aliphatic rings. The smallest absolute Gasteiger partial charge is 0.226 e. The Hall–Kier alpha value is -0.620. The van der Waals surface area contributed by atoms with Crippen LogP contribution in [0.2, 0.25) is 0 Å². The lowest BCUT2D eigenvalue weighted by Gasteiger charge is -2.38. The van der Waals surface area contributed by atoms with Crippen LogP contribution >= 0.6 is 0 Å². The molecule has 1 rings (SSSR count). The van der Waals surface area contributed by atoms with Crippen molar-refractivity contribution in [3.63, 3.8) is 0 Å². The quantitative estimate of drug-likeness (QED) is 0.775. The Balaban J connectivity index is 2.75. The van der Waals surface area contributed by atoms with Gasteiger partial charge in [0.05, 0.1) is 11.7 Å². The summed E-state index contributed by atoms with van der Waals surface area (Å²) < 4.78 is 24.1. The molecule has 0 aromatic rings. The second kappa shape index (κ2) is 4.71. The number of nitrogens with one attached hydrogen (secondary N) is 1. The van der Waals surface area contributed by atoms with Crippen molar-refractivity contribution in [1.82, 2.24) is 9.62 Å². The number of piperidine rings is 1. The molecule has 1 aliphatic heterocycles. The topological polar surface area (TPSA) is 66.5 Å². The molecule has 0 saturated carbocycles. The van der Waals surface area contributed by atoms with Crippen molar-refractivity contribution in [1.29, 1.82) is 0 Å². The third-order valence-electron chi connectivity index (χ3n) is 3.53. The van der Waals surface area contributed by atoms with Gasteiger partial charge in [0, 0.05) is 20.1 Å². The zero-order chi connectivity index (χ0) is 12.4. The van der Waals surface area contributed by atoms with E-state index in [-0.39, 0.29) is 11.3 Å². The molecule has 0 radical (unpaired) electrons. The number of sulfonamides is 1. The molecule has 0 aliphatic carbocycles. The van der Waals surface area contributed by atoms with Gasteiger partial charge in [-0.1, -0.05) is 6.92 Å². The second-order valence-electron chi connectivity index (χ2n) is 4.38. The van der Waals surface area contributed by atoms with Gasteiger partial charge in [-0.2, -0.15) is 0 Å². The van der Waals surface area contributed by atoms with E-state index in [9.17, 15) is 13.2 Å². The first-order valence-electron chi connectivity index (χ1n) is 5.53. The molecule has 1 amide bonds. The minimum atomic E-state index is -3.12. The monoisotopic (exact) mass is 248 g/mol. The number of carbonyl (C=O) groups excluding carboxylic acids is 1. The van der Waals surface area contributed by atoms with E-state index >= 15 is 0 Å². The Morgan fingerprint density at radius 2 is 1.88 bits per heavy atom. The van der Waals surface area contributed by atoms with Gasteiger partial charge in [-0.15, -0.1) is 0 Å². The molecule has 16 heavy (non-hydrogen) atoms. The second-order valence-corrected chi connectivity index (χ2v) is 6.36. The van der Waals surface area contributed by atoms with Crippen LogP contribution in [0.25, 0.3) is 0 Å². The van der Waals surface area contributed by atoms with Crippen LogP contribution in [0, 0.1) is 5.41 Å². The van der Waals surface area contributed by atoms with Crippen molar-refractivity contribution in [3.05, 3.63) is 0 Å². The van der Waals surface area contributed by atoms with Crippen LogP contribution in [-0.2, 0) is 14.8 Å². The van der Waals surface area contributed by atoms with Crippen molar-refractivity contribution in [2.45, 2.75) is 26.2 Å². The first-order chi connectivity index (χ1) is 7.35. The summed E-state index contributed by atoms with van der Waals surface area (Å²) in [7, 11) is -1.49. The van der Waals surface area contributed by atoms with Crippen molar-refractivity contribution in [3.8, 4) is 0 Å². The third kappa shape index (κ3) is 2.55. The highest BCUT2D eigenvalue weighted by molar-refractivity contribution is 7.88. The lowest BCUT2D eigenvalue weighted by Crippen LogP contribution is -2.49. The molecule has 1 N–H and O–H groups in total. The van der Waals surface area contributed by atoms with Crippen LogP contribution in [0.3, 0.4) is 0 Å². The van der Waals surface area contributed by atoms with Gasteiger partial charge in [0.2, 0.25) is 15.9 Å². The summed E-state index contributed by atoms with van der Waals surface area (Å²) in [5.74, 6) is 0.0307. The summed E-state index contributed by atoms with van der Waals surface area (Å²) in [5, 5.41) is 2.67. The van der Waals surface area contributed by atoms with E-state index in [1.807, 2.05) is 6.92 Å². The first-order valence-corrected chi connectivity index (χ1v) is 7.38. The molecule has 0 atom stereocenters. The van der Waals surface area contributed by atoms with Crippen LogP contribution in [-0.4, -0.2) is 45.0 Å². The molecule has 1 fully saturated rings. The fraction of sp³-hybridized carbons (Fsp3) is 0.900. The van der Waals surface area contributed by atoms with Gasteiger partial charge in [0.25, 0.3) is 0 Å². The number of carbonyl (C=O) groups is 1. The standard InChI is InChI=1S/C10H20N2O3S/c1-4-10(9(13)11-2)5-7-12(8-6-10)16(3,14)15/h4-8H2,1-3H3,(H,11,13). The minimum Gasteiger partial charge on any atom is -0.359 e. The molecular weight excluding hydrogens is 228 g/mol. The zero-order valence-electron chi connectivity index (χ0n) is 10.1. The SMILES string of the molecule is CCC1(C(=O)NC)CCN(S(C)(=O)=O)CC1. The molecule has 94 valence electrons. The van der Waals surface area contributed by atoms with E-state index in [0.717, 1.165) is 6.42 Å². The van der Waals surface area contributed by atoms with Gasteiger partial charge in [-0.25, -0.2) is 12.7 Å². The molecule has 1 heterocycles. The number of nitrogens with zero attached hydrogens (tertiary/aromatic N) is 1. The van der Waals surface area contributed by atoms with E-state index in [4.69, 9.17) is 0 Å². The highest BCUT2D eigenvalue weighted by Gasteiger charge is 2.40. The van der Waals surface area contributed by atoms with Crippen LogP contribution < -0.4 is 5.32 Å². The Morgan fingerprint density at radius 3 is 2.19 bits per heavy atom. The van der Waals surface area contributed by atoms with Crippen molar-refractivity contribution >= 4 is 15.9 Å². The molecule has 0 aromatic carbocycles. The first kappa shape index (κ1) is 13.4. The lowest BCUT2D eigenvalue weighted by atomic mass is 9.76. The van der Waals surface area contributed by atoms with Gasteiger partial charge in [0.1, 0.15) is 0 Å². The molecular formula is C10H20N2O3S. The van der Waals surface area contributed by atoms with E-state index in [0.29, 0.717) is 25.9 Å². The van der Waals surface area contributed by atoms with Crippen LogP contribution in [0.5, 0.6) is 0 Å². The van der Waals surface area contributed by atoms with Crippen molar-refractivity contribution < 1.29 is 13.2 Å². The van der Waals surface area contributed by atoms with Crippen LogP contribution in [0.4, 0.5) is 0 Å². The molecule has 0 unspecified atom stereocenters. The summed E-state index contributed by atoms with van der Waals surface area (Å²) in [6, 6.07) is 0. The molecule has 0 spiro atoms. The maximum absolute atomic E-state index is 11.8. The van der Waals surface area contributed by atoms with Gasteiger partial charge in [-0.05, 0) is 19.3 Å². The predicted octanol–water partition coefficient (Wildman–Crippen LogP) is 0.184. The number of hydrogen-bond acceptors (Lipinski definition) is 3. The Morgan fingerprint density at radius 1 is 1.38 bits per heavy atom. The average Bonchev–Trinajstić information content (AvgIpc) is 2.26. The zero-order valence-corrected chi connectivity index (χ0v) is 10.9. The lowest BCUT2D eigenvalue weighted by molar-refractivity contribution is -0.133. The van der Waals surface area contributed by atoms with Crippen LogP contribution in [0.15, 0.2) is 0 Å². The normalized spacial score (nSPS) is 21.7.